The quantitative estimate of drug-likeness (QED) is 0.513. The van der Waals surface area contributed by atoms with Crippen LogP contribution < -0.4 is 9.80 Å². The molecule has 0 radical (unpaired) electrons. The van der Waals surface area contributed by atoms with E-state index < -0.39 is 23.4 Å². The summed E-state index contributed by atoms with van der Waals surface area (Å²) >= 11 is 11.8. The van der Waals surface area contributed by atoms with Crippen molar-refractivity contribution in [3.63, 3.8) is 0 Å². The highest BCUT2D eigenvalue weighted by atomic mass is 35.5. The van der Waals surface area contributed by atoms with Crippen molar-refractivity contribution in [3.05, 3.63) is 57.6 Å². The molecule has 2 aliphatic heterocycles. The molecule has 29 heavy (non-hydrogen) atoms. The number of ketones is 2. The molecule has 0 spiro atoms. The Labute approximate surface area is 177 Å². The van der Waals surface area contributed by atoms with E-state index in [-0.39, 0.29) is 0 Å². The molecule has 0 fully saturated rings. The zero-order chi connectivity index (χ0) is 20.7. The van der Waals surface area contributed by atoms with Gasteiger partial charge >= 0.3 is 0 Å². The SMILES string of the molecule is O=C1C(=O)N(CCCCCN2C(=O)C(=O)c3cc(Cl)ccc32)c2ccc(Cl)cc21. The summed E-state index contributed by atoms with van der Waals surface area (Å²) in [5, 5.41) is 0.830. The molecule has 2 heterocycles. The third kappa shape index (κ3) is 3.43. The Balaban J connectivity index is 1.34. The van der Waals surface area contributed by atoms with E-state index in [0.717, 1.165) is 6.42 Å². The molecule has 0 aliphatic carbocycles. The molecule has 8 heteroatoms. The summed E-state index contributed by atoms with van der Waals surface area (Å²) in [4.78, 5) is 51.6. The molecule has 4 rings (SSSR count). The Bertz CT molecular complexity index is 983. The molecule has 2 aromatic rings. The number of nitrogens with zero attached hydrogens (tertiary/aromatic N) is 2. The molecule has 0 saturated carbocycles. The van der Waals surface area contributed by atoms with E-state index in [1.807, 2.05) is 0 Å². The number of hydrogen-bond acceptors (Lipinski definition) is 4. The molecule has 148 valence electrons. The lowest BCUT2D eigenvalue weighted by Crippen LogP contribution is -2.32. The van der Waals surface area contributed by atoms with Gasteiger partial charge in [0.15, 0.2) is 0 Å². The van der Waals surface area contributed by atoms with Crippen molar-refractivity contribution in [1.29, 1.82) is 0 Å². The first-order valence-corrected chi connectivity index (χ1v) is 9.95. The molecule has 0 bridgehead atoms. The number of unbranched alkanes of at least 4 members (excludes halogenated alkanes) is 2. The molecule has 0 atom stereocenters. The van der Waals surface area contributed by atoms with Crippen molar-refractivity contribution in [2.45, 2.75) is 19.3 Å². The summed E-state index contributed by atoms with van der Waals surface area (Å²) in [6.07, 6.45) is 2.04. The number of carbonyl (C=O) groups is 4. The molecule has 0 saturated heterocycles. The van der Waals surface area contributed by atoms with Crippen LogP contribution in [-0.4, -0.2) is 36.5 Å². The number of halogens is 2. The van der Waals surface area contributed by atoms with Crippen molar-refractivity contribution in [3.8, 4) is 0 Å². The van der Waals surface area contributed by atoms with Crippen LogP contribution in [0.5, 0.6) is 0 Å². The van der Waals surface area contributed by atoms with Gasteiger partial charge in [-0.05, 0) is 55.7 Å². The minimum Gasteiger partial charge on any atom is -0.305 e. The summed E-state index contributed by atoms with van der Waals surface area (Å²) in [6.45, 7) is 0.802. The van der Waals surface area contributed by atoms with Crippen LogP contribution in [0.4, 0.5) is 11.4 Å². The van der Waals surface area contributed by atoms with Gasteiger partial charge in [-0.2, -0.15) is 0 Å². The number of hydrogen-bond donors (Lipinski definition) is 0. The van der Waals surface area contributed by atoms with Gasteiger partial charge in [0.25, 0.3) is 23.4 Å². The predicted octanol–water partition coefficient (Wildman–Crippen LogP) is 3.92. The number of fused-ring (bicyclic) bond motifs is 2. The van der Waals surface area contributed by atoms with Gasteiger partial charge in [-0.25, -0.2) is 0 Å². The number of Topliss-reactive ketones (excluding diaryl/α,β-unsaturated/α-hetero) is 2. The highest BCUT2D eigenvalue weighted by Crippen LogP contribution is 2.33. The van der Waals surface area contributed by atoms with E-state index in [2.05, 4.69) is 0 Å². The van der Waals surface area contributed by atoms with Crippen LogP contribution in [0.3, 0.4) is 0 Å². The fourth-order valence-electron chi connectivity index (χ4n) is 3.71. The standard InChI is InChI=1S/C21H16Cl2N2O4/c22-12-4-6-16-14(10-12)18(26)20(28)24(16)8-2-1-3-9-25-17-7-5-13(23)11-15(17)19(27)21(25)29/h4-7,10-11H,1-3,8-9H2. The van der Waals surface area contributed by atoms with Crippen molar-refractivity contribution >= 4 is 58.0 Å². The maximum Gasteiger partial charge on any atom is 0.299 e. The molecule has 6 nitrogen and oxygen atoms in total. The van der Waals surface area contributed by atoms with Gasteiger partial charge in [0.1, 0.15) is 0 Å². The van der Waals surface area contributed by atoms with E-state index in [1.54, 1.807) is 24.3 Å². The minimum absolute atomic E-state index is 0.332. The van der Waals surface area contributed by atoms with E-state index >= 15 is 0 Å². The number of rotatable bonds is 6. The molecular formula is C21H16Cl2N2O4. The first-order chi connectivity index (χ1) is 13.9. The van der Waals surface area contributed by atoms with Gasteiger partial charge in [-0.3, -0.25) is 19.2 Å². The van der Waals surface area contributed by atoms with Crippen LogP contribution in [-0.2, 0) is 9.59 Å². The van der Waals surface area contributed by atoms with E-state index in [1.165, 1.54) is 21.9 Å². The summed E-state index contributed by atoms with van der Waals surface area (Å²) in [6, 6.07) is 9.68. The normalized spacial score (nSPS) is 15.4. The van der Waals surface area contributed by atoms with Crippen LogP contribution in [0.2, 0.25) is 10.0 Å². The lowest BCUT2D eigenvalue weighted by Gasteiger charge is -2.18. The van der Waals surface area contributed by atoms with Crippen molar-refractivity contribution in [1.82, 2.24) is 0 Å². The van der Waals surface area contributed by atoms with Gasteiger partial charge in [0.05, 0.1) is 22.5 Å². The van der Waals surface area contributed by atoms with Crippen LogP contribution in [0.25, 0.3) is 0 Å². The predicted molar refractivity (Wildman–Crippen MR) is 110 cm³/mol. The second kappa shape index (κ2) is 7.61. The molecule has 0 N–H and O–H groups in total. The summed E-state index contributed by atoms with van der Waals surface area (Å²) < 4.78 is 0. The molecule has 2 amide bonds. The number of anilines is 2. The Morgan fingerprint density at radius 3 is 1.45 bits per heavy atom. The Hall–Kier alpha value is -2.70. The lowest BCUT2D eigenvalue weighted by atomic mass is 10.1. The highest BCUT2D eigenvalue weighted by Gasteiger charge is 2.36. The largest absolute Gasteiger partial charge is 0.305 e. The van der Waals surface area contributed by atoms with Crippen molar-refractivity contribution in [2.24, 2.45) is 0 Å². The average Bonchev–Trinajstić information content (AvgIpc) is 3.07. The van der Waals surface area contributed by atoms with E-state index in [4.69, 9.17) is 23.2 Å². The van der Waals surface area contributed by atoms with Crippen LogP contribution in [0.1, 0.15) is 40.0 Å². The van der Waals surface area contributed by atoms with Gasteiger partial charge in [0.2, 0.25) is 0 Å². The van der Waals surface area contributed by atoms with Crippen LogP contribution >= 0.6 is 23.2 Å². The Morgan fingerprint density at radius 1 is 0.621 bits per heavy atom. The van der Waals surface area contributed by atoms with Gasteiger partial charge in [-0.1, -0.05) is 23.2 Å². The van der Waals surface area contributed by atoms with Gasteiger partial charge < -0.3 is 9.80 Å². The van der Waals surface area contributed by atoms with Gasteiger partial charge in [0, 0.05) is 23.1 Å². The number of amides is 2. The number of carbonyl (C=O) groups excluding carboxylic acids is 4. The monoisotopic (exact) mass is 430 g/mol. The first kappa shape index (κ1) is 19.6. The second-order valence-corrected chi connectivity index (χ2v) is 7.83. The zero-order valence-electron chi connectivity index (χ0n) is 15.3. The summed E-state index contributed by atoms with van der Waals surface area (Å²) in [5.74, 6) is -2.18. The molecule has 2 aromatic carbocycles. The molecule has 0 unspecified atom stereocenters. The lowest BCUT2D eigenvalue weighted by molar-refractivity contribution is -0.114. The Kier molecular flexibility index (Phi) is 5.15. The minimum atomic E-state index is -0.548. The van der Waals surface area contributed by atoms with Crippen LogP contribution in [0.15, 0.2) is 36.4 Å². The molecule has 0 aromatic heterocycles. The Morgan fingerprint density at radius 2 is 1.03 bits per heavy atom. The third-order valence-electron chi connectivity index (χ3n) is 5.13. The first-order valence-electron chi connectivity index (χ1n) is 9.20. The fourth-order valence-corrected chi connectivity index (χ4v) is 4.05. The summed E-state index contributed by atoms with van der Waals surface area (Å²) in [7, 11) is 0. The number of benzene rings is 2. The van der Waals surface area contributed by atoms with Crippen molar-refractivity contribution in [2.75, 3.05) is 22.9 Å². The van der Waals surface area contributed by atoms with E-state index in [0.29, 0.717) is 58.5 Å². The van der Waals surface area contributed by atoms with E-state index in [9.17, 15) is 19.2 Å². The summed E-state index contributed by atoms with van der Waals surface area (Å²) in [5.41, 5.74) is 1.82. The highest BCUT2D eigenvalue weighted by molar-refractivity contribution is 6.53. The van der Waals surface area contributed by atoms with Gasteiger partial charge in [-0.15, -0.1) is 0 Å². The topological polar surface area (TPSA) is 74.8 Å². The zero-order valence-corrected chi connectivity index (χ0v) is 16.8. The maximum atomic E-state index is 12.2. The molecular weight excluding hydrogens is 415 g/mol. The van der Waals surface area contributed by atoms with Crippen LogP contribution in [0, 0.1) is 0 Å². The maximum absolute atomic E-state index is 12.2. The fraction of sp³-hybridized carbons (Fsp3) is 0.238. The molecule has 2 aliphatic rings. The average molecular weight is 431 g/mol. The third-order valence-corrected chi connectivity index (χ3v) is 5.60. The second-order valence-electron chi connectivity index (χ2n) is 6.96. The van der Waals surface area contributed by atoms with Crippen molar-refractivity contribution < 1.29 is 19.2 Å². The smallest absolute Gasteiger partial charge is 0.299 e.